The topological polar surface area (TPSA) is 110 Å². The first-order chi connectivity index (χ1) is 14.8. The molecule has 1 aliphatic heterocycles. The molecule has 0 atom stereocenters. The first-order valence-electron chi connectivity index (χ1n) is 9.21. The summed E-state index contributed by atoms with van der Waals surface area (Å²) in [5, 5.41) is 0. The second kappa shape index (κ2) is 10.0. The van der Waals surface area contributed by atoms with Gasteiger partial charge in [-0.2, -0.15) is 8.42 Å². The Balaban J connectivity index is 0.00000289. The van der Waals surface area contributed by atoms with Crippen LogP contribution in [-0.4, -0.2) is 80.7 Å². The minimum absolute atomic E-state index is 0. The van der Waals surface area contributed by atoms with Gasteiger partial charge in [0.1, 0.15) is 18.9 Å². The predicted molar refractivity (Wildman–Crippen MR) is 119 cm³/mol. The third-order valence-electron chi connectivity index (χ3n) is 4.62. The second-order valence-electron chi connectivity index (χ2n) is 6.76. The molecule has 1 heterocycles. The number of sulfone groups is 1. The van der Waals surface area contributed by atoms with E-state index in [0.717, 1.165) is 9.87 Å². The average molecular weight is 498 g/mol. The van der Waals surface area contributed by atoms with Crippen LogP contribution in [0.5, 0.6) is 5.75 Å². The van der Waals surface area contributed by atoms with Gasteiger partial charge in [0, 0.05) is 57.5 Å². The summed E-state index contributed by atoms with van der Waals surface area (Å²) >= 11 is 0. The number of carbonyl (C=O) groups is 1. The van der Waals surface area contributed by atoms with E-state index >= 15 is 0 Å². The quantitative estimate of drug-likeness (QED) is 0.521. The number of carbonyl (C=O) groups excluding carboxylic acids is 1. The molecule has 3 aromatic rings. The fourth-order valence-electron chi connectivity index (χ4n) is 3.12. The van der Waals surface area contributed by atoms with Crippen LogP contribution in [0, 0.1) is 0 Å². The standard InChI is InChI=1S/C21H18N2O6S2.K/c24-21-14-23(31(27,28)22-21)19-12-11-18(30(25,26)17-9-5-2-6-10-17)13-20(19)29-15-16-7-3-1-4-8-16;/h1-13H,14-15H2,(H,22,24);. The fraction of sp³-hybridized carbons (Fsp3) is 0.0952. The summed E-state index contributed by atoms with van der Waals surface area (Å²) in [5.74, 6) is -0.657. The molecule has 1 saturated heterocycles. The van der Waals surface area contributed by atoms with E-state index in [2.05, 4.69) is 0 Å². The zero-order valence-corrected chi connectivity index (χ0v) is 21.9. The molecular weight excluding hydrogens is 479 g/mol. The Morgan fingerprint density at radius 2 is 1.53 bits per heavy atom. The van der Waals surface area contributed by atoms with Crippen molar-refractivity contribution in [2.75, 3.05) is 10.8 Å². The third-order valence-corrected chi connectivity index (χ3v) is 7.78. The van der Waals surface area contributed by atoms with Crippen LogP contribution in [0.4, 0.5) is 5.69 Å². The maximum absolute atomic E-state index is 13.0. The Hall–Kier alpha value is -1.73. The van der Waals surface area contributed by atoms with Crippen molar-refractivity contribution >= 4 is 83.0 Å². The van der Waals surface area contributed by atoms with Gasteiger partial charge in [0.25, 0.3) is 5.91 Å². The largest absolute Gasteiger partial charge is 0.487 e. The Bertz CT molecular complexity index is 1330. The van der Waals surface area contributed by atoms with Crippen LogP contribution < -0.4 is 13.8 Å². The summed E-state index contributed by atoms with van der Waals surface area (Å²) < 4.78 is 59.3. The molecule has 11 heteroatoms. The number of anilines is 1. The number of benzene rings is 3. The minimum Gasteiger partial charge on any atom is -0.487 e. The first-order valence-corrected chi connectivity index (χ1v) is 12.1. The summed E-state index contributed by atoms with van der Waals surface area (Å²) in [4.78, 5) is 11.7. The molecule has 1 N–H and O–H groups in total. The molecular formula is C21H18KN2O6S2. The van der Waals surface area contributed by atoms with Crippen LogP contribution in [0.1, 0.15) is 5.56 Å². The van der Waals surface area contributed by atoms with E-state index in [4.69, 9.17) is 4.74 Å². The van der Waals surface area contributed by atoms with E-state index in [1.165, 1.54) is 30.3 Å². The van der Waals surface area contributed by atoms with Gasteiger partial charge in [-0.15, -0.1) is 0 Å². The van der Waals surface area contributed by atoms with E-state index in [1.54, 1.807) is 18.2 Å². The van der Waals surface area contributed by atoms with Crippen molar-refractivity contribution in [3.05, 3.63) is 84.4 Å². The van der Waals surface area contributed by atoms with Crippen molar-refractivity contribution in [2.45, 2.75) is 16.4 Å². The van der Waals surface area contributed by atoms with Crippen LogP contribution in [0.2, 0.25) is 0 Å². The monoisotopic (exact) mass is 497 g/mol. The number of nitrogens with zero attached hydrogens (tertiary/aromatic N) is 1. The van der Waals surface area contributed by atoms with Gasteiger partial charge in [0.2, 0.25) is 9.84 Å². The third kappa shape index (κ3) is 5.25. The predicted octanol–water partition coefficient (Wildman–Crippen LogP) is 1.90. The Kier molecular flexibility index (Phi) is 7.81. The molecule has 1 aliphatic rings. The van der Waals surface area contributed by atoms with Gasteiger partial charge in [-0.25, -0.2) is 17.4 Å². The summed E-state index contributed by atoms with van der Waals surface area (Å²) in [7, 11) is -7.95. The van der Waals surface area contributed by atoms with Crippen molar-refractivity contribution in [3.8, 4) is 5.75 Å². The van der Waals surface area contributed by atoms with Gasteiger partial charge in [-0.1, -0.05) is 48.5 Å². The zero-order valence-electron chi connectivity index (χ0n) is 17.1. The van der Waals surface area contributed by atoms with Crippen molar-refractivity contribution < 1.29 is 26.4 Å². The minimum atomic E-state index is -4.09. The van der Waals surface area contributed by atoms with E-state index in [-0.39, 0.29) is 79.2 Å². The van der Waals surface area contributed by atoms with Gasteiger partial charge in [0.05, 0.1) is 15.5 Å². The molecule has 1 amide bonds. The maximum atomic E-state index is 13.0. The number of amides is 1. The molecule has 0 saturated carbocycles. The molecule has 161 valence electrons. The van der Waals surface area contributed by atoms with Crippen LogP contribution in [0.3, 0.4) is 0 Å². The summed E-state index contributed by atoms with van der Waals surface area (Å²) in [5.41, 5.74) is 0.879. The van der Waals surface area contributed by atoms with Gasteiger partial charge in [-0.3, -0.25) is 4.79 Å². The second-order valence-corrected chi connectivity index (χ2v) is 10.3. The molecule has 4 rings (SSSR count). The van der Waals surface area contributed by atoms with Crippen LogP contribution in [0.25, 0.3) is 0 Å². The SMILES string of the molecule is O=C1CN(c2ccc(S(=O)(=O)c3ccccc3)cc2OCc2ccccc2)S(=O)(=O)N1.[K]. The molecule has 3 aromatic carbocycles. The van der Waals surface area contributed by atoms with Gasteiger partial charge in [-0.05, 0) is 29.8 Å². The number of rotatable bonds is 6. The Labute approximate surface area is 229 Å². The van der Waals surface area contributed by atoms with E-state index in [0.29, 0.717) is 0 Å². The van der Waals surface area contributed by atoms with Crippen LogP contribution in [0.15, 0.2) is 88.7 Å². The molecule has 0 unspecified atom stereocenters. The number of nitrogens with one attached hydrogen (secondary N) is 1. The van der Waals surface area contributed by atoms with Crippen molar-refractivity contribution in [1.29, 1.82) is 0 Å². The van der Waals surface area contributed by atoms with Gasteiger partial charge in [0.15, 0.2) is 0 Å². The number of hydrogen-bond acceptors (Lipinski definition) is 6. The van der Waals surface area contributed by atoms with E-state index in [1.807, 2.05) is 35.1 Å². The summed E-state index contributed by atoms with van der Waals surface area (Å²) in [6.07, 6.45) is 0. The molecule has 0 aromatic heterocycles. The van der Waals surface area contributed by atoms with Crippen molar-refractivity contribution in [3.63, 3.8) is 0 Å². The van der Waals surface area contributed by atoms with Gasteiger partial charge >= 0.3 is 10.2 Å². The van der Waals surface area contributed by atoms with Crippen molar-refractivity contribution in [2.24, 2.45) is 0 Å². The molecule has 1 radical (unpaired) electrons. The smallest absolute Gasteiger partial charge is 0.326 e. The molecule has 32 heavy (non-hydrogen) atoms. The first kappa shape index (κ1) is 24.9. The molecule has 0 aliphatic carbocycles. The number of ether oxygens (including phenoxy) is 1. The molecule has 0 bridgehead atoms. The van der Waals surface area contributed by atoms with E-state index < -0.39 is 32.5 Å². The summed E-state index contributed by atoms with van der Waals surface area (Å²) in [6.45, 7) is -0.341. The average Bonchev–Trinajstić information content (AvgIpc) is 3.05. The normalized spacial score (nSPS) is 15.0. The zero-order chi connectivity index (χ0) is 22.1. The van der Waals surface area contributed by atoms with Gasteiger partial charge < -0.3 is 4.74 Å². The van der Waals surface area contributed by atoms with Crippen LogP contribution in [-0.2, 0) is 31.4 Å². The number of hydrogen-bond donors (Lipinski definition) is 1. The fourth-order valence-corrected chi connectivity index (χ4v) is 5.57. The molecule has 0 spiro atoms. The molecule has 1 fully saturated rings. The van der Waals surface area contributed by atoms with E-state index in [9.17, 15) is 21.6 Å². The maximum Gasteiger partial charge on any atom is 0.326 e. The Morgan fingerprint density at radius 1 is 0.906 bits per heavy atom. The Morgan fingerprint density at radius 3 is 2.12 bits per heavy atom. The van der Waals surface area contributed by atoms with Crippen LogP contribution >= 0.6 is 0 Å². The van der Waals surface area contributed by atoms with Crippen molar-refractivity contribution in [1.82, 2.24) is 4.72 Å². The molecule has 8 nitrogen and oxygen atoms in total. The summed E-state index contributed by atoms with van der Waals surface area (Å²) in [6, 6.07) is 20.9.